The molecule has 0 aliphatic rings. The largest absolute Gasteiger partial charge is 0.440 e. The summed E-state index contributed by atoms with van der Waals surface area (Å²) in [5.41, 5.74) is 7.94. The maximum atomic E-state index is 5.66. The molecule has 0 saturated heterocycles. The quantitative estimate of drug-likeness (QED) is 0.650. The summed E-state index contributed by atoms with van der Waals surface area (Å²) >= 11 is 0. The highest BCUT2D eigenvalue weighted by molar-refractivity contribution is 5.76. The molecule has 2 aromatic rings. The van der Waals surface area contributed by atoms with E-state index < -0.39 is 0 Å². The number of benzene rings is 1. The Bertz CT molecular complexity index is 466. The Labute approximate surface area is 82.9 Å². The Kier molecular flexibility index (Phi) is 1.77. The van der Waals surface area contributed by atoms with Crippen molar-refractivity contribution >= 4 is 16.8 Å². The zero-order valence-electron chi connectivity index (χ0n) is 8.66. The van der Waals surface area contributed by atoms with Crippen LogP contribution in [-0.4, -0.2) is 4.98 Å². The monoisotopic (exact) mass is 190 g/mol. The summed E-state index contributed by atoms with van der Waals surface area (Å²) in [5, 5.41) is 0. The average Bonchev–Trinajstić information content (AvgIpc) is 2.45. The molecule has 0 atom stereocenters. The van der Waals surface area contributed by atoms with Crippen molar-refractivity contribution in [3.8, 4) is 0 Å². The van der Waals surface area contributed by atoms with Gasteiger partial charge in [0.15, 0.2) is 5.58 Å². The molecular weight excluding hydrogens is 176 g/mol. The second kappa shape index (κ2) is 2.74. The van der Waals surface area contributed by atoms with Crippen LogP contribution in [0.1, 0.15) is 26.7 Å². The fourth-order valence-corrected chi connectivity index (χ4v) is 1.27. The van der Waals surface area contributed by atoms with E-state index in [9.17, 15) is 0 Å². The maximum absolute atomic E-state index is 5.66. The van der Waals surface area contributed by atoms with Gasteiger partial charge in [-0.3, -0.25) is 0 Å². The van der Waals surface area contributed by atoms with E-state index in [0.29, 0.717) is 5.69 Å². The van der Waals surface area contributed by atoms with Crippen LogP contribution in [0.2, 0.25) is 0 Å². The normalized spacial score (nSPS) is 12.2. The maximum Gasteiger partial charge on any atom is 0.200 e. The molecule has 0 aliphatic carbocycles. The van der Waals surface area contributed by atoms with Crippen molar-refractivity contribution in [2.75, 3.05) is 5.73 Å². The van der Waals surface area contributed by atoms with Gasteiger partial charge in [0.1, 0.15) is 5.52 Å². The number of nitrogens with two attached hydrogens (primary N) is 1. The molecule has 2 rings (SSSR count). The first kappa shape index (κ1) is 9.06. The van der Waals surface area contributed by atoms with Crippen LogP contribution in [0.25, 0.3) is 11.1 Å². The molecule has 0 fully saturated rings. The summed E-state index contributed by atoms with van der Waals surface area (Å²) < 4.78 is 5.62. The molecule has 0 aliphatic heterocycles. The number of nitrogen functional groups attached to an aromatic ring is 1. The Balaban J connectivity index is 2.63. The van der Waals surface area contributed by atoms with Crippen LogP contribution in [0.4, 0.5) is 5.69 Å². The van der Waals surface area contributed by atoms with Crippen molar-refractivity contribution in [3.05, 3.63) is 24.1 Å². The Morgan fingerprint density at radius 3 is 2.64 bits per heavy atom. The lowest BCUT2D eigenvalue weighted by atomic mass is 9.97. The highest BCUT2D eigenvalue weighted by atomic mass is 16.3. The van der Waals surface area contributed by atoms with Gasteiger partial charge in [-0.25, -0.2) is 4.98 Å². The van der Waals surface area contributed by atoms with Crippen LogP contribution in [0.3, 0.4) is 0 Å². The van der Waals surface area contributed by atoms with E-state index in [1.165, 1.54) is 0 Å². The summed E-state index contributed by atoms with van der Waals surface area (Å²) in [6, 6.07) is 5.50. The number of fused-ring (bicyclic) bond motifs is 1. The number of hydrogen-bond donors (Lipinski definition) is 1. The summed E-state index contributed by atoms with van der Waals surface area (Å²) in [7, 11) is 0. The van der Waals surface area contributed by atoms with Crippen LogP contribution in [-0.2, 0) is 5.41 Å². The fourth-order valence-electron chi connectivity index (χ4n) is 1.27. The number of rotatable bonds is 0. The van der Waals surface area contributed by atoms with Crippen LogP contribution < -0.4 is 5.73 Å². The van der Waals surface area contributed by atoms with Gasteiger partial charge < -0.3 is 10.2 Å². The summed E-state index contributed by atoms with van der Waals surface area (Å²) in [5.74, 6) is 0.748. The first-order chi connectivity index (χ1) is 6.47. The SMILES string of the molecule is CC(C)(C)c1nc2cc(N)ccc2o1. The molecule has 0 saturated carbocycles. The zero-order chi connectivity index (χ0) is 10.3. The molecule has 14 heavy (non-hydrogen) atoms. The van der Waals surface area contributed by atoms with Gasteiger partial charge in [-0.1, -0.05) is 20.8 Å². The number of nitrogens with zero attached hydrogens (tertiary/aromatic N) is 1. The Morgan fingerprint density at radius 2 is 2.00 bits per heavy atom. The van der Waals surface area contributed by atoms with Gasteiger partial charge in [-0.05, 0) is 18.2 Å². The molecule has 0 radical (unpaired) electrons. The second-order valence-electron chi connectivity index (χ2n) is 4.50. The minimum absolute atomic E-state index is 0.0617. The third-order valence-electron chi connectivity index (χ3n) is 2.05. The summed E-state index contributed by atoms with van der Waals surface area (Å²) in [6.45, 7) is 6.21. The van der Waals surface area contributed by atoms with Gasteiger partial charge in [0, 0.05) is 11.1 Å². The predicted octanol–water partition coefficient (Wildman–Crippen LogP) is 2.71. The predicted molar refractivity (Wildman–Crippen MR) is 57.1 cm³/mol. The van der Waals surface area contributed by atoms with Gasteiger partial charge in [0.05, 0.1) is 0 Å². The first-order valence-corrected chi connectivity index (χ1v) is 4.63. The zero-order valence-corrected chi connectivity index (χ0v) is 8.66. The number of hydrogen-bond acceptors (Lipinski definition) is 3. The van der Waals surface area contributed by atoms with Crippen molar-refractivity contribution in [2.45, 2.75) is 26.2 Å². The number of oxazole rings is 1. The van der Waals surface area contributed by atoms with Gasteiger partial charge in [0.25, 0.3) is 0 Å². The molecule has 0 spiro atoms. The molecule has 74 valence electrons. The summed E-state index contributed by atoms with van der Waals surface area (Å²) in [6.07, 6.45) is 0. The smallest absolute Gasteiger partial charge is 0.200 e. The lowest BCUT2D eigenvalue weighted by molar-refractivity contribution is 0.411. The lowest BCUT2D eigenvalue weighted by Crippen LogP contribution is -2.10. The summed E-state index contributed by atoms with van der Waals surface area (Å²) in [4.78, 5) is 4.40. The standard InChI is InChI=1S/C11H14N2O/c1-11(2,3)10-13-8-6-7(12)4-5-9(8)14-10/h4-6H,12H2,1-3H3. The van der Waals surface area contributed by atoms with Gasteiger partial charge in [-0.15, -0.1) is 0 Å². The van der Waals surface area contributed by atoms with E-state index in [1.807, 2.05) is 18.2 Å². The van der Waals surface area contributed by atoms with Crippen molar-refractivity contribution in [1.29, 1.82) is 0 Å². The molecule has 0 unspecified atom stereocenters. The Morgan fingerprint density at radius 1 is 1.29 bits per heavy atom. The molecule has 0 amide bonds. The molecule has 1 aromatic carbocycles. The molecular formula is C11H14N2O. The Hall–Kier alpha value is -1.51. The van der Waals surface area contributed by atoms with Gasteiger partial charge in [0.2, 0.25) is 5.89 Å². The van der Waals surface area contributed by atoms with Gasteiger partial charge >= 0.3 is 0 Å². The van der Waals surface area contributed by atoms with E-state index >= 15 is 0 Å². The van der Waals surface area contributed by atoms with Crippen LogP contribution in [0, 0.1) is 0 Å². The molecule has 1 heterocycles. The van der Waals surface area contributed by atoms with Crippen molar-refractivity contribution in [3.63, 3.8) is 0 Å². The molecule has 3 heteroatoms. The van der Waals surface area contributed by atoms with Crippen LogP contribution in [0.5, 0.6) is 0 Å². The minimum atomic E-state index is -0.0617. The van der Waals surface area contributed by atoms with Crippen molar-refractivity contribution in [1.82, 2.24) is 4.98 Å². The highest BCUT2D eigenvalue weighted by Gasteiger charge is 2.20. The number of anilines is 1. The average molecular weight is 190 g/mol. The molecule has 0 bridgehead atoms. The molecule has 1 aromatic heterocycles. The highest BCUT2D eigenvalue weighted by Crippen LogP contribution is 2.26. The van der Waals surface area contributed by atoms with Gasteiger partial charge in [-0.2, -0.15) is 0 Å². The second-order valence-corrected chi connectivity index (χ2v) is 4.50. The molecule has 2 N–H and O–H groups in total. The first-order valence-electron chi connectivity index (χ1n) is 4.63. The minimum Gasteiger partial charge on any atom is -0.440 e. The fraction of sp³-hybridized carbons (Fsp3) is 0.364. The van der Waals surface area contributed by atoms with Crippen molar-refractivity contribution < 1.29 is 4.42 Å². The topological polar surface area (TPSA) is 52.0 Å². The van der Waals surface area contributed by atoms with Crippen molar-refractivity contribution in [2.24, 2.45) is 0 Å². The third kappa shape index (κ3) is 1.45. The van der Waals surface area contributed by atoms with E-state index in [2.05, 4.69) is 25.8 Å². The van der Waals surface area contributed by atoms with E-state index in [0.717, 1.165) is 17.0 Å². The lowest BCUT2D eigenvalue weighted by Gasteiger charge is -2.11. The third-order valence-corrected chi connectivity index (χ3v) is 2.05. The van der Waals surface area contributed by atoms with Crippen LogP contribution >= 0.6 is 0 Å². The van der Waals surface area contributed by atoms with E-state index in [-0.39, 0.29) is 5.41 Å². The number of aromatic nitrogens is 1. The van der Waals surface area contributed by atoms with E-state index in [4.69, 9.17) is 10.2 Å². The van der Waals surface area contributed by atoms with E-state index in [1.54, 1.807) is 0 Å². The molecule has 3 nitrogen and oxygen atoms in total. The van der Waals surface area contributed by atoms with Crippen LogP contribution in [0.15, 0.2) is 22.6 Å².